The van der Waals surface area contributed by atoms with E-state index in [0.29, 0.717) is 16.6 Å². The van der Waals surface area contributed by atoms with E-state index in [1.54, 1.807) is 30.3 Å². The maximum absolute atomic E-state index is 12.5. The van der Waals surface area contributed by atoms with Gasteiger partial charge in [-0.1, -0.05) is 18.2 Å². The van der Waals surface area contributed by atoms with Crippen molar-refractivity contribution in [1.82, 2.24) is 8.96 Å². The lowest BCUT2D eigenvalue weighted by atomic mass is 10.2. The number of hydrogen-bond acceptors (Lipinski definition) is 4. The quantitative estimate of drug-likeness (QED) is 0.722. The second kappa shape index (κ2) is 4.47. The molecule has 20 heavy (non-hydrogen) atoms. The fraction of sp³-hybridized carbons (Fsp3) is 0. The van der Waals surface area contributed by atoms with Crippen LogP contribution in [0.2, 0.25) is 0 Å². The molecule has 0 radical (unpaired) electrons. The summed E-state index contributed by atoms with van der Waals surface area (Å²) < 4.78 is 26.2. The molecule has 6 heteroatoms. The summed E-state index contributed by atoms with van der Waals surface area (Å²) in [7, 11) is -3.70. The Morgan fingerprint density at radius 3 is 2.55 bits per heavy atom. The van der Waals surface area contributed by atoms with Crippen LogP contribution in [0.15, 0.2) is 59.8 Å². The van der Waals surface area contributed by atoms with Gasteiger partial charge in [-0.2, -0.15) is 5.26 Å². The maximum Gasteiger partial charge on any atom is 0.269 e. The lowest BCUT2D eigenvalue weighted by Crippen LogP contribution is -2.11. The molecule has 3 aromatic rings. The third-order valence-corrected chi connectivity index (χ3v) is 4.62. The Morgan fingerprint density at radius 1 is 1.10 bits per heavy atom. The Balaban J connectivity index is 2.28. The van der Waals surface area contributed by atoms with Crippen LogP contribution >= 0.6 is 0 Å². The Bertz CT molecular complexity index is 922. The van der Waals surface area contributed by atoms with E-state index in [1.165, 1.54) is 24.5 Å². The minimum Gasteiger partial charge on any atom is -0.236 e. The number of nitriles is 1. The highest BCUT2D eigenvalue weighted by atomic mass is 32.2. The zero-order valence-corrected chi connectivity index (χ0v) is 11.1. The lowest BCUT2D eigenvalue weighted by molar-refractivity contribution is 0.588. The minimum absolute atomic E-state index is 0.182. The molecule has 0 N–H and O–H groups in total. The summed E-state index contributed by atoms with van der Waals surface area (Å²) in [6.45, 7) is 0. The van der Waals surface area contributed by atoms with Crippen LogP contribution in [0.1, 0.15) is 5.56 Å². The SMILES string of the molecule is N#Cc1ccc2ncn(S(=O)(=O)c3ccccc3)c2c1. The van der Waals surface area contributed by atoms with Crippen LogP contribution in [-0.4, -0.2) is 17.4 Å². The number of imidazole rings is 1. The van der Waals surface area contributed by atoms with Crippen molar-refractivity contribution in [1.29, 1.82) is 5.26 Å². The zero-order valence-electron chi connectivity index (χ0n) is 10.3. The van der Waals surface area contributed by atoms with E-state index < -0.39 is 10.0 Å². The van der Waals surface area contributed by atoms with Crippen LogP contribution in [0.3, 0.4) is 0 Å². The molecule has 0 bridgehead atoms. The Kier molecular flexibility index (Phi) is 2.77. The summed E-state index contributed by atoms with van der Waals surface area (Å²) in [4.78, 5) is 4.24. The number of rotatable bonds is 2. The highest BCUT2D eigenvalue weighted by Gasteiger charge is 2.19. The molecule has 0 aliphatic rings. The first-order valence-corrected chi connectivity index (χ1v) is 7.25. The fourth-order valence-corrected chi connectivity index (χ4v) is 3.26. The molecule has 5 nitrogen and oxygen atoms in total. The van der Waals surface area contributed by atoms with E-state index in [9.17, 15) is 8.42 Å². The first-order valence-electron chi connectivity index (χ1n) is 5.81. The molecule has 0 fully saturated rings. The molecule has 1 aromatic heterocycles. The van der Waals surface area contributed by atoms with Crippen LogP contribution < -0.4 is 0 Å². The number of benzene rings is 2. The van der Waals surface area contributed by atoms with Gasteiger partial charge in [-0.05, 0) is 30.3 Å². The molecule has 2 aromatic carbocycles. The predicted octanol–water partition coefficient (Wildman–Crippen LogP) is 2.14. The van der Waals surface area contributed by atoms with Gasteiger partial charge in [0.15, 0.2) is 0 Å². The lowest BCUT2D eigenvalue weighted by Gasteiger charge is -2.06. The van der Waals surface area contributed by atoms with Gasteiger partial charge in [0, 0.05) is 0 Å². The molecule has 0 unspecified atom stereocenters. The molecule has 0 saturated carbocycles. The van der Waals surface area contributed by atoms with Crippen LogP contribution in [0.5, 0.6) is 0 Å². The van der Waals surface area contributed by atoms with Gasteiger partial charge in [-0.3, -0.25) is 0 Å². The van der Waals surface area contributed by atoms with Gasteiger partial charge < -0.3 is 0 Å². The molecular formula is C14H9N3O2S. The highest BCUT2D eigenvalue weighted by molar-refractivity contribution is 7.90. The van der Waals surface area contributed by atoms with Crippen molar-refractivity contribution in [2.75, 3.05) is 0 Å². The summed E-state index contributed by atoms with van der Waals surface area (Å²) >= 11 is 0. The van der Waals surface area contributed by atoms with Crippen LogP contribution in [0, 0.1) is 11.3 Å². The molecule has 0 amide bonds. The first-order chi connectivity index (χ1) is 9.63. The number of aromatic nitrogens is 2. The van der Waals surface area contributed by atoms with Crippen molar-refractivity contribution in [3.63, 3.8) is 0 Å². The van der Waals surface area contributed by atoms with E-state index in [0.717, 1.165) is 3.97 Å². The van der Waals surface area contributed by atoms with Gasteiger partial charge in [0.2, 0.25) is 0 Å². The van der Waals surface area contributed by atoms with Crippen molar-refractivity contribution in [2.24, 2.45) is 0 Å². The van der Waals surface area contributed by atoms with Gasteiger partial charge >= 0.3 is 0 Å². The second-order valence-electron chi connectivity index (χ2n) is 4.17. The smallest absolute Gasteiger partial charge is 0.236 e. The average Bonchev–Trinajstić information content (AvgIpc) is 2.91. The first kappa shape index (κ1) is 12.4. The number of fused-ring (bicyclic) bond motifs is 1. The minimum atomic E-state index is -3.70. The number of nitrogens with zero attached hydrogens (tertiary/aromatic N) is 3. The number of hydrogen-bond donors (Lipinski definition) is 0. The third kappa shape index (κ3) is 1.85. The maximum atomic E-state index is 12.5. The van der Waals surface area contributed by atoms with Gasteiger partial charge in [0.05, 0.1) is 27.6 Å². The molecule has 0 aliphatic carbocycles. The molecule has 0 atom stereocenters. The zero-order chi connectivity index (χ0) is 14.2. The van der Waals surface area contributed by atoms with E-state index in [1.807, 2.05) is 6.07 Å². The Labute approximate surface area is 115 Å². The van der Waals surface area contributed by atoms with E-state index in [2.05, 4.69) is 4.98 Å². The summed E-state index contributed by atoms with van der Waals surface area (Å²) in [5.74, 6) is 0. The molecule has 0 saturated heterocycles. The third-order valence-electron chi connectivity index (χ3n) is 2.94. The topological polar surface area (TPSA) is 75.8 Å². The van der Waals surface area contributed by atoms with Crippen molar-refractivity contribution in [2.45, 2.75) is 4.90 Å². The van der Waals surface area contributed by atoms with Crippen molar-refractivity contribution >= 4 is 21.1 Å². The van der Waals surface area contributed by atoms with Gasteiger partial charge in [0.25, 0.3) is 10.0 Å². The second-order valence-corrected chi connectivity index (χ2v) is 5.99. The normalized spacial score (nSPS) is 11.3. The summed E-state index contributed by atoms with van der Waals surface area (Å²) in [5, 5.41) is 8.92. The molecule has 0 spiro atoms. The van der Waals surface area contributed by atoms with Crippen molar-refractivity contribution < 1.29 is 8.42 Å². The molecule has 1 heterocycles. The van der Waals surface area contributed by atoms with Gasteiger partial charge in [-0.15, -0.1) is 0 Å². The average molecular weight is 283 g/mol. The monoisotopic (exact) mass is 283 g/mol. The largest absolute Gasteiger partial charge is 0.269 e. The molecular weight excluding hydrogens is 274 g/mol. The summed E-state index contributed by atoms with van der Waals surface area (Å²) in [6.07, 6.45) is 1.26. The molecule has 98 valence electrons. The van der Waals surface area contributed by atoms with Crippen LogP contribution in [-0.2, 0) is 10.0 Å². The standard InChI is InChI=1S/C14H9N3O2S/c15-9-11-6-7-13-14(8-11)17(10-16-13)20(18,19)12-4-2-1-3-5-12/h1-8,10H. The van der Waals surface area contributed by atoms with Crippen molar-refractivity contribution in [3.8, 4) is 6.07 Å². The van der Waals surface area contributed by atoms with Crippen molar-refractivity contribution in [3.05, 3.63) is 60.4 Å². The van der Waals surface area contributed by atoms with E-state index >= 15 is 0 Å². The summed E-state index contributed by atoms with van der Waals surface area (Å²) in [5.41, 5.74) is 1.32. The highest BCUT2D eigenvalue weighted by Crippen LogP contribution is 2.21. The fourth-order valence-electron chi connectivity index (χ4n) is 1.95. The Hall–Kier alpha value is -2.65. The van der Waals surface area contributed by atoms with Gasteiger partial charge in [0.1, 0.15) is 6.33 Å². The van der Waals surface area contributed by atoms with E-state index in [-0.39, 0.29) is 4.90 Å². The predicted molar refractivity (Wildman–Crippen MR) is 73.5 cm³/mol. The van der Waals surface area contributed by atoms with Crippen LogP contribution in [0.4, 0.5) is 0 Å². The van der Waals surface area contributed by atoms with Crippen LogP contribution in [0.25, 0.3) is 11.0 Å². The Morgan fingerprint density at radius 2 is 1.85 bits per heavy atom. The van der Waals surface area contributed by atoms with E-state index in [4.69, 9.17) is 5.26 Å². The van der Waals surface area contributed by atoms with Gasteiger partial charge in [-0.25, -0.2) is 17.4 Å². The summed E-state index contributed by atoms with van der Waals surface area (Å²) in [6, 6.07) is 14.9. The molecule has 3 rings (SSSR count). The molecule has 0 aliphatic heterocycles.